The van der Waals surface area contributed by atoms with E-state index in [1.165, 1.54) is 0 Å². The van der Waals surface area contributed by atoms with Crippen LogP contribution in [0.5, 0.6) is 0 Å². The number of carbonyl (C=O) groups excluding carboxylic acids is 1. The summed E-state index contributed by atoms with van der Waals surface area (Å²) in [5.41, 5.74) is 1.15. The Kier molecular flexibility index (Phi) is 3.02. The fourth-order valence-corrected chi connectivity index (χ4v) is 2.61. The maximum atomic E-state index is 12.0. The maximum absolute atomic E-state index is 12.0. The van der Waals surface area contributed by atoms with E-state index in [2.05, 4.69) is 5.32 Å². The largest absolute Gasteiger partial charge is 0.596 e. The highest BCUT2D eigenvalue weighted by Crippen LogP contribution is 2.34. The molecule has 2 rings (SSSR count). The molecule has 4 heteroatoms. The molecule has 0 aromatic carbocycles. The Balaban J connectivity index is 2.06. The number of nitrogens with zero attached hydrogens (tertiary/aromatic N) is 1. The molecule has 1 fully saturated rings. The molecule has 17 heavy (non-hydrogen) atoms. The number of hydrogen-bond donors (Lipinski definition) is 1. The van der Waals surface area contributed by atoms with E-state index in [4.69, 9.17) is 4.74 Å². The lowest BCUT2D eigenvalue weighted by Crippen LogP contribution is -2.58. The smallest absolute Gasteiger partial charge is 0.406 e. The van der Waals surface area contributed by atoms with E-state index < -0.39 is 5.60 Å². The molecule has 1 spiro atoms. The highest BCUT2D eigenvalue weighted by Gasteiger charge is 2.45. The third kappa shape index (κ3) is 2.68. The highest BCUT2D eigenvalue weighted by molar-refractivity contribution is 5.83. The van der Waals surface area contributed by atoms with E-state index in [1.807, 2.05) is 27.7 Å². The van der Waals surface area contributed by atoms with Crippen molar-refractivity contribution in [2.45, 2.75) is 46.1 Å². The summed E-state index contributed by atoms with van der Waals surface area (Å²) in [5, 5.41) is 3.33. The molecule has 2 heterocycles. The molecular formula is C13H23N2O2+. The summed E-state index contributed by atoms with van der Waals surface area (Å²) < 4.78 is 7.22. The predicted octanol–water partition coefficient (Wildman–Crippen LogP) is 1.78. The van der Waals surface area contributed by atoms with Crippen molar-refractivity contribution in [2.75, 3.05) is 19.6 Å². The van der Waals surface area contributed by atoms with Crippen molar-refractivity contribution < 1.29 is 14.1 Å². The number of ether oxygens (including phenoxy) is 1. The minimum absolute atomic E-state index is 0.197. The molecule has 1 amide bonds. The van der Waals surface area contributed by atoms with E-state index in [0.717, 1.165) is 38.2 Å². The lowest BCUT2D eigenvalue weighted by Gasteiger charge is -2.43. The SMILES string of the molecule is CC1=[N+](C(=O)OC(C)(C)C)CCC2(CNC2)C1. The van der Waals surface area contributed by atoms with Crippen LogP contribution >= 0.6 is 0 Å². The van der Waals surface area contributed by atoms with Crippen LogP contribution in [0.1, 0.15) is 40.5 Å². The van der Waals surface area contributed by atoms with Gasteiger partial charge in [0.15, 0.2) is 12.3 Å². The van der Waals surface area contributed by atoms with Crippen LogP contribution < -0.4 is 5.32 Å². The third-order valence-corrected chi connectivity index (χ3v) is 3.57. The Morgan fingerprint density at radius 2 is 2.06 bits per heavy atom. The van der Waals surface area contributed by atoms with Gasteiger partial charge in [-0.2, -0.15) is 4.79 Å². The number of rotatable bonds is 0. The standard InChI is InChI=1S/C13H23N2O2/c1-10-7-13(8-14-9-13)5-6-15(10)11(16)17-12(2,3)4/h14H,5-9H2,1-4H3/q+1. The van der Waals surface area contributed by atoms with Crippen LogP contribution in [0, 0.1) is 5.41 Å². The molecule has 2 aliphatic rings. The minimum Gasteiger partial charge on any atom is -0.406 e. The van der Waals surface area contributed by atoms with Crippen molar-refractivity contribution in [3.8, 4) is 0 Å². The lowest BCUT2D eigenvalue weighted by molar-refractivity contribution is -0.463. The van der Waals surface area contributed by atoms with E-state index in [9.17, 15) is 4.79 Å². The van der Waals surface area contributed by atoms with Gasteiger partial charge in [0.25, 0.3) is 0 Å². The van der Waals surface area contributed by atoms with Crippen molar-refractivity contribution in [1.29, 1.82) is 0 Å². The molecule has 2 aliphatic heterocycles. The van der Waals surface area contributed by atoms with Gasteiger partial charge in [0.2, 0.25) is 0 Å². The number of hydrogen-bond acceptors (Lipinski definition) is 3. The molecule has 0 saturated carbocycles. The summed E-state index contributed by atoms with van der Waals surface area (Å²) >= 11 is 0. The van der Waals surface area contributed by atoms with Gasteiger partial charge in [-0.3, -0.25) is 0 Å². The van der Waals surface area contributed by atoms with Crippen LogP contribution in [0.25, 0.3) is 0 Å². The second-order valence-electron chi connectivity index (χ2n) is 6.40. The molecule has 0 aliphatic carbocycles. The van der Waals surface area contributed by atoms with Crippen LogP contribution in [0.2, 0.25) is 0 Å². The van der Waals surface area contributed by atoms with Gasteiger partial charge in [-0.05, 0) is 20.8 Å². The monoisotopic (exact) mass is 239 g/mol. The summed E-state index contributed by atoms with van der Waals surface area (Å²) in [5.74, 6) is 0. The Labute approximate surface area is 103 Å². The summed E-state index contributed by atoms with van der Waals surface area (Å²) in [6.45, 7) is 10.7. The third-order valence-electron chi connectivity index (χ3n) is 3.57. The van der Waals surface area contributed by atoms with E-state index >= 15 is 0 Å². The van der Waals surface area contributed by atoms with Gasteiger partial charge in [-0.1, -0.05) is 0 Å². The first-order valence-electron chi connectivity index (χ1n) is 6.35. The van der Waals surface area contributed by atoms with Gasteiger partial charge in [0.1, 0.15) is 5.60 Å². The van der Waals surface area contributed by atoms with Gasteiger partial charge >= 0.3 is 6.09 Å². The van der Waals surface area contributed by atoms with Crippen LogP contribution in [0.4, 0.5) is 4.79 Å². The zero-order chi connectivity index (χ0) is 12.7. The number of nitrogens with one attached hydrogen (secondary N) is 1. The van der Waals surface area contributed by atoms with Gasteiger partial charge in [-0.25, -0.2) is 0 Å². The average molecular weight is 239 g/mol. The highest BCUT2D eigenvalue weighted by atomic mass is 16.6. The molecule has 0 unspecified atom stereocenters. The maximum Gasteiger partial charge on any atom is 0.596 e. The molecule has 0 aromatic rings. The molecule has 0 atom stereocenters. The normalized spacial score (nSPS) is 23.5. The quantitative estimate of drug-likeness (QED) is 0.655. The molecule has 96 valence electrons. The van der Waals surface area contributed by atoms with Gasteiger partial charge < -0.3 is 10.1 Å². The first kappa shape index (κ1) is 12.6. The Morgan fingerprint density at radius 1 is 1.41 bits per heavy atom. The molecule has 1 saturated heterocycles. The lowest BCUT2D eigenvalue weighted by atomic mass is 9.73. The van der Waals surface area contributed by atoms with Gasteiger partial charge in [0.05, 0.1) is 0 Å². The van der Waals surface area contributed by atoms with E-state index in [-0.39, 0.29) is 6.09 Å². The Bertz CT molecular complexity index is 362. The second-order valence-corrected chi connectivity index (χ2v) is 6.40. The molecule has 4 nitrogen and oxygen atoms in total. The molecule has 1 N–H and O–H groups in total. The average Bonchev–Trinajstić information content (AvgIpc) is 2.12. The first-order valence-corrected chi connectivity index (χ1v) is 6.35. The van der Waals surface area contributed by atoms with Crippen molar-refractivity contribution in [3.63, 3.8) is 0 Å². The fraction of sp³-hybridized carbons (Fsp3) is 0.846. The van der Waals surface area contributed by atoms with Crippen LogP contribution in [-0.2, 0) is 4.74 Å². The van der Waals surface area contributed by atoms with Gasteiger partial charge in [-0.15, -0.1) is 4.58 Å². The first-order chi connectivity index (χ1) is 7.81. The Hall–Kier alpha value is -0.900. The molecule has 0 bridgehead atoms. The van der Waals surface area contributed by atoms with E-state index in [0.29, 0.717) is 5.41 Å². The summed E-state index contributed by atoms with van der Waals surface area (Å²) in [7, 11) is 0. The molecule has 0 aromatic heterocycles. The van der Waals surface area contributed by atoms with Crippen LogP contribution in [0.15, 0.2) is 0 Å². The summed E-state index contributed by atoms with van der Waals surface area (Å²) in [4.78, 5) is 12.0. The van der Waals surface area contributed by atoms with Crippen LogP contribution in [0.3, 0.4) is 0 Å². The number of amides is 1. The van der Waals surface area contributed by atoms with Gasteiger partial charge in [0, 0.05) is 38.3 Å². The second kappa shape index (κ2) is 4.09. The minimum atomic E-state index is -0.412. The summed E-state index contributed by atoms with van der Waals surface area (Å²) in [6.07, 6.45) is 1.90. The fourth-order valence-electron chi connectivity index (χ4n) is 2.61. The van der Waals surface area contributed by atoms with Crippen molar-refractivity contribution in [2.24, 2.45) is 5.41 Å². The van der Waals surface area contributed by atoms with Crippen LogP contribution in [-0.4, -0.2) is 41.6 Å². The van der Waals surface area contributed by atoms with Crippen molar-refractivity contribution in [3.05, 3.63) is 0 Å². The summed E-state index contributed by atoms with van der Waals surface area (Å²) in [6, 6.07) is 0. The zero-order valence-corrected chi connectivity index (χ0v) is 11.3. The van der Waals surface area contributed by atoms with E-state index in [1.54, 1.807) is 4.58 Å². The molecule has 0 radical (unpaired) electrons. The zero-order valence-electron chi connectivity index (χ0n) is 11.3. The Morgan fingerprint density at radius 3 is 2.47 bits per heavy atom. The number of carbonyl (C=O) groups is 1. The topological polar surface area (TPSA) is 41.3 Å². The molecular weight excluding hydrogens is 216 g/mol. The van der Waals surface area contributed by atoms with Crippen molar-refractivity contribution in [1.82, 2.24) is 5.32 Å². The predicted molar refractivity (Wildman–Crippen MR) is 66.6 cm³/mol. The van der Waals surface area contributed by atoms with Crippen molar-refractivity contribution >= 4 is 11.8 Å².